The third-order valence-electron chi connectivity index (χ3n) is 1.99. The van der Waals surface area contributed by atoms with E-state index in [2.05, 4.69) is 0 Å². The second-order valence-corrected chi connectivity index (χ2v) is 3.24. The molecule has 5 nitrogen and oxygen atoms in total. The fourth-order valence-electron chi connectivity index (χ4n) is 1.28. The first-order valence-corrected chi connectivity index (χ1v) is 5.01. The average molecular weight is 235 g/mol. The molecule has 1 aromatic rings. The van der Waals surface area contributed by atoms with Crippen LogP contribution in [0.25, 0.3) is 6.08 Å². The van der Waals surface area contributed by atoms with Gasteiger partial charge in [0.1, 0.15) is 6.29 Å². The molecular formula is C12H13NO4. The van der Waals surface area contributed by atoms with Gasteiger partial charge < -0.3 is 15.6 Å². The Morgan fingerprint density at radius 3 is 2.76 bits per heavy atom. The second-order valence-electron chi connectivity index (χ2n) is 3.24. The Bertz CT molecular complexity index is 466. The molecule has 0 spiro atoms. The van der Waals surface area contributed by atoms with E-state index in [0.717, 1.165) is 6.08 Å². The number of amides is 1. The number of primary amides is 1. The SMILES string of the molecule is CCOc1cc(C=O)cc(C=CC(N)=O)c1O. The summed E-state index contributed by atoms with van der Waals surface area (Å²) in [6, 6.07) is 2.86. The lowest BCUT2D eigenvalue weighted by Crippen LogP contribution is -2.05. The molecule has 0 aliphatic heterocycles. The lowest BCUT2D eigenvalue weighted by atomic mass is 10.1. The highest BCUT2D eigenvalue weighted by Crippen LogP contribution is 2.32. The number of aldehydes is 1. The number of carbonyl (C=O) groups excluding carboxylic acids is 2. The molecule has 0 fully saturated rings. The van der Waals surface area contributed by atoms with Gasteiger partial charge in [0.15, 0.2) is 11.5 Å². The van der Waals surface area contributed by atoms with Crippen LogP contribution >= 0.6 is 0 Å². The van der Waals surface area contributed by atoms with Crippen molar-refractivity contribution in [2.24, 2.45) is 5.73 Å². The maximum atomic E-state index is 10.7. The minimum absolute atomic E-state index is 0.130. The second kappa shape index (κ2) is 5.69. The number of aromatic hydroxyl groups is 1. The van der Waals surface area contributed by atoms with Gasteiger partial charge in [-0.05, 0) is 25.1 Å². The Labute approximate surface area is 98.5 Å². The topological polar surface area (TPSA) is 89.6 Å². The van der Waals surface area contributed by atoms with Gasteiger partial charge in [-0.15, -0.1) is 0 Å². The number of phenolic OH excluding ortho intramolecular Hbond substituents is 1. The van der Waals surface area contributed by atoms with Crippen molar-refractivity contribution >= 4 is 18.3 Å². The van der Waals surface area contributed by atoms with Crippen molar-refractivity contribution in [3.8, 4) is 11.5 Å². The molecule has 17 heavy (non-hydrogen) atoms. The van der Waals surface area contributed by atoms with E-state index in [0.29, 0.717) is 24.0 Å². The highest BCUT2D eigenvalue weighted by Gasteiger charge is 2.09. The summed E-state index contributed by atoms with van der Waals surface area (Å²) < 4.78 is 5.17. The molecule has 1 amide bonds. The Hall–Kier alpha value is -2.30. The Balaban J connectivity index is 3.22. The van der Waals surface area contributed by atoms with Gasteiger partial charge in [-0.25, -0.2) is 0 Å². The van der Waals surface area contributed by atoms with Crippen LogP contribution in [-0.4, -0.2) is 23.9 Å². The molecular weight excluding hydrogens is 222 g/mol. The van der Waals surface area contributed by atoms with Crippen molar-refractivity contribution in [1.82, 2.24) is 0 Å². The van der Waals surface area contributed by atoms with Crippen LogP contribution < -0.4 is 10.5 Å². The van der Waals surface area contributed by atoms with Crippen LogP contribution in [-0.2, 0) is 4.79 Å². The number of hydrogen-bond acceptors (Lipinski definition) is 4. The van der Waals surface area contributed by atoms with Gasteiger partial charge in [0, 0.05) is 17.2 Å². The molecule has 90 valence electrons. The minimum Gasteiger partial charge on any atom is -0.504 e. The number of nitrogens with two attached hydrogens (primary N) is 1. The number of hydrogen-bond donors (Lipinski definition) is 2. The van der Waals surface area contributed by atoms with Crippen molar-refractivity contribution in [1.29, 1.82) is 0 Å². The summed E-state index contributed by atoms with van der Waals surface area (Å²) in [5, 5.41) is 9.81. The Morgan fingerprint density at radius 2 is 2.24 bits per heavy atom. The molecule has 0 saturated heterocycles. The molecule has 0 atom stereocenters. The van der Waals surface area contributed by atoms with Gasteiger partial charge in [0.05, 0.1) is 6.61 Å². The van der Waals surface area contributed by atoms with E-state index < -0.39 is 5.91 Å². The van der Waals surface area contributed by atoms with Gasteiger partial charge in [0.25, 0.3) is 0 Å². The zero-order valence-electron chi connectivity index (χ0n) is 9.34. The van der Waals surface area contributed by atoms with Gasteiger partial charge in [-0.2, -0.15) is 0 Å². The number of carbonyl (C=O) groups is 2. The standard InChI is InChI=1S/C12H13NO4/c1-2-17-10-6-8(7-14)5-9(12(10)16)3-4-11(13)15/h3-7,16H,2H2,1H3,(H2,13,15). The van der Waals surface area contributed by atoms with Crippen LogP contribution in [0.5, 0.6) is 11.5 Å². The first-order valence-electron chi connectivity index (χ1n) is 5.01. The van der Waals surface area contributed by atoms with Crippen LogP contribution in [0.1, 0.15) is 22.8 Å². The molecule has 0 heterocycles. The molecule has 3 N–H and O–H groups in total. The first-order chi connectivity index (χ1) is 8.08. The van der Waals surface area contributed by atoms with Gasteiger partial charge in [0.2, 0.25) is 5.91 Å². The van der Waals surface area contributed by atoms with E-state index in [1.54, 1.807) is 6.92 Å². The van der Waals surface area contributed by atoms with Crippen molar-refractivity contribution in [2.45, 2.75) is 6.92 Å². The van der Waals surface area contributed by atoms with Gasteiger partial charge >= 0.3 is 0 Å². The fraction of sp³-hybridized carbons (Fsp3) is 0.167. The Morgan fingerprint density at radius 1 is 1.53 bits per heavy atom. The van der Waals surface area contributed by atoms with Crippen LogP contribution in [0, 0.1) is 0 Å². The molecule has 0 radical (unpaired) electrons. The summed E-state index contributed by atoms with van der Waals surface area (Å²) in [5.41, 5.74) is 5.60. The predicted molar refractivity (Wildman–Crippen MR) is 62.9 cm³/mol. The highest BCUT2D eigenvalue weighted by molar-refractivity contribution is 5.91. The number of phenols is 1. The smallest absolute Gasteiger partial charge is 0.241 e. The zero-order valence-corrected chi connectivity index (χ0v) is 9.34. The van der Waals surface area contributed by atoms with Crippen molar-refractivity contribution in [3.05, 3.63) is 29.3 Å². The molecule has 0 aromatic heterocycles. The number of benzene rings is 1. The lowest BCUT2D eigenvalue weighted by Gasteiger charge is -2.08. The third kappa shape index (κ3) is 3.34. The van der Waals surface area contributed by atoms with Crippen molar-refractivity contribution < 1.29 is 19.4 Å². The van der Waals surface area contributed by atoms with Crippen LogP contribution in [0.3, 0.4) is 0 Å². The van der Waals surface area contributed by atoms with E-state index in [-0.39, 0.29) is 11.5 Å². The van der Waals surface area contributed by atoms with Crippen LogP contribution in [0.4, 0.5) is 0 Å². The molecule has 1 rings (SSSR count). The maximum absolute atomic E-state index is 10.7. The van der Waals surface area contributed by atoms with E-state index >= 15 is 0 Å². The minimum atomic E-state index is -0.640. The number of ether oxygens (including phenoxy) is 1. The third-order valence-corrected chi connectivity index (χ3v) is 1.99. The van der Waals surface area contributed by atoms with Crippen LogP contribution in [0.2, 0.25) is 0 Å². The molecule has 1 aromatic carbocycles. The summed E-state index contributed by atoms with van der Waals surface area (Å²) in [7, 11) is 0. The monoisotopic (exact) mass is 235 g/mol. The quantitative estimate of drug-likeness (QED) is 0.590. The molecule has 0 bridgehead atoms. The summed E-state index contributed by atoms with van der Waals surface area (Å²) in [4.78, 5) is 21.3. The summed E-state index contributed by atoms with van der Waals surface area (Å²) in [5.74, 6) is -0.574. The average Bonchev–Trinajstić information content (AvgIpc) is 2.30. The van der Waals surface area contributed by atoms with Gasteiger partial charge in [-0.1, -0.05) is 0 Å². The maximum Gasteiger partial charge on any atom is 0.241 e. The largest absolute Gasteiger partial charge is 0.504 e. The molecule has 0 unspecified atom stereocenters. The Kier molecular flexibility index (Phi) is 4.28. The predicted octanol–water partition coefficient (Wildman–Crippen LogP) is 1.10. The van der Waals surface area contributed by atoms with E-state index in [1.165, 1.54) is 18.2 Å². The lowest BCUT2D eigenvalue weighted by molar-refractivity contribution is -0.113. The normalized spacial score (nSPS) is 10.4. The summed E-state index contributed by atoms with van der Waals surface area (Å²) in [6.07, 6.45) is 3.05. The summed E-state index contributed by atoms with van der Waals surface area (Å²) >= 11 is 0. The van der Waals surface area contributed by atoms with E-state index in [9.17, 15) is 14.7 Å². The summed E-state index contributed by atoms with van der Waals surface area (Å²) in [6.45, 7) is 2.11. The van der Waals surface area contributed by atoms with Gasteiger partial charge in [-0.3, -0.25) is 9.59 Å². The highest BCUT2D eigenvalue weighted by atomic mass is 16.5. The van der Waals surface area contributed by atoms with Crippen molar-refractivity contribution in [3.63, 3.8) is 0 Å². The zero-order chi connectivity index (χ0) is 12.8. The number of rotatable bonds is 5. The van der Waals surface area contributed by atoms with Crippen LogP contribution in [0.15, 0.2) is 18.2 Å². The molecule has 0 aliphatic carbocycles. The molecule has 0 saturated carbocycles. The first kappa shape index (κ1) is 12.8. The van der Waals surface area contributed by atoms with Crippen molar-refractivity contribution in [2.75, 3.05) is 6.61 Å². The van der Waals surface area contributed by atoms with E-state index in [4.69, 9.17) is 10.5 Å². The molecule has 0 aliphatic rings. The molecule has 5 heteroatoms. The fourth-order valence-corrected chi connectivity index (χ4v) is 1.28. The van der Waals surface area contributed by atoms with E-state index in [1.807, 2.05) is 0 Å².